The molecule has 0 fully saturated rings. The highest BCUT2D eigenvalue weighted by Crippen LogP contribution is 2.38. The first-order valence-corrected chi connectivity index (χ1v) is 13.2. The number of nitrogens with one attached hydrogen (secondary N) is 1. The molecule has 1 N–H and O–H groups in total. The van der Waals surface area contributed by atoms with E-state index in [0.29, 0.717) is 12.4 Å². The van der Waals surface area contributed by atoms with Gasteiger partial charge in [-0.15, -0.1) is 0 Å². The second kappa shape index (κ2) is 14.3. The zero-order valence-electron chi connectivity index (χ0n) is 23.0. The van der Waals surface area contributed by atoms with Crippen LogP contribution in [0, 0.1) is 17.2 Å². The number of benzene rings is 1. The third-order valence-corrected chi connectivity index (χ3v) is 7.61. The molecule has 0 radical (unpaired) electrons. The van der Waals surface area contributed by atoms with Crippen LogP contribution in [0.5, 0.6) is 0 Å². The van der Waals surface area contributed by atoms with E-state index in [2.05, 4.69) is 75.0 Å². The molecule has 2 atom stereocenters. The Morgan fingerprint density at radius 3 is 2.69 bits per heavy atom. The Morgan fingerprint density at radius 2 is 2.11 bits per heavy atom. The van der Waals surface area contributed by atoms with Gasteiger partial charge in [-0.05, 0) is 81.6 Å². The zero-order valence-corrected chi connectivity index (χ0v) is 23.0. The second-order valence-corrected chi connectivity index (χ2v) is 10.2. The van der Waals surface area contributed by atoms with Crippen LogP contribution >= 0.6 is 0 Å². The van der Waals surface area contributed by atoms with E-state index in [-0.39, 0.29) is 12.0 Å². The number of hydrogen-bond donors (Lipinski definition) is 1. The van der Waals surface area contributed by atoms with Crippen LogP contribution in [0.2, 0.25) is 0 Å². The lowest BCUT2D eigenvalue weighted by atomic mass is 9.69. The van der Waals surface area contributed by atoms with Crippen LogP contribution in [0.25, 0.3) is 0 Å². The van der Waals surface area contributed by atoms with Crippen molar-refractivity contribution in [2.45, 2.75) is 77.2 Å². The molecule has 0 saturated heterocycles. The van der Waals surface area contributed by atoms with E-state index in [1.165, 1.54) is 11.1 Å². The first-order chi connectivity index (χ1) is 16.8. The molecule has 0 aromatic heterocycles. The largest absolute Gasteiger partial charge is 0.499 e. The monoisotopic (exact) mass is 481 g/mol. The smallest absolute Gasteiger partial charge is 0.114 e. The lowest BCUT2D eigenvalue weighted by Crippen LogP contribution is -2.32. The minimum absolute atomic E-state index is 0.249. The summed E-state index contributed by atoms with van der Waals surface area (Å²) in [6, 6.07) is 9.27. The lowest BCUT2D eigenvalue weighted by Gasteiger charge is -2.33. The molecule has 0 saturated carbocycles. The number of methoxy groups -OCH3 is 1. The van der Waals surface area contributed by atoms with E-state index in [4.69, 9.17) is 9.47 Å². The van der Waals surface area contributed by atoms with E-state index >= 15 is 0 Å². The first kappa shape index (κ1) is 28.9. The molecule has 0 heterocycles. The molecular weight excluding hydrogens is 434 g/mol. The molecule has 0 bridgehead atoms. The zero-order chi connectivity index (χ0) is 25.8. The van der Waals surface area contributed by atoms with Crippen LogP contribution in [-0.4, -0.2) is 51.9 Å². The third kappa shape index (κ3) is 8.12. The predicted octanol–water partition coefficient (Wildman–Crippen LogP) is 6.47. The van der Waals surface area contributed by atoms with Gasteiger partial charge in [0.15, 0.2) is 0 Å². The van der Waals surface area contributed by atoms with Crippen LogP contribution in [0.3, 0.4) is 0 Å². The first-order valence-electron chi connectivity index (χ1n) is 13.2. The van der Waals surface area contributed by atoms with Crippen LogP contribution < -0.4 is 5.32 Å². The lowest BCUT2D eigenvalue weighted by molar-refractivity contribution is 0.0404. The Labute approximate surface area is 214 Å². The summed E-state index contributed by atoms with van der Waals surface area (Å²) < 4.78 is 11.0. The van der Waals surface area contributed by atoms with Gasteiger partial charge in [-0.25, -0.2) is 0 Å². The maximum Gasteiger partial charge on any atom is 0.114 e. The van der Waals surface area contributed by atoms with Gasteiger partial charge in [-0.2, -0.15) is 5.26 Å². The molecule has 2 unspecified atom stereocenters. The summed E-state index contributed by atoms with van der Waals surface area (Å²) in [4.78, 5) is 2.41. The van der Waals surface area contributed by atoms with Gasteiger partial charge in [0.25, 0.3) is 0 Å². The van der Waals surface area contributed by atoms with E-state index in [9.17, 15) is 5.26 Å². The molecule has 1 aliphatic rings. The van der Waals surface area contributed by atoms with Crippen molar-refractivity contribution in [2.24, 2.45) is 5.92 Å². The van der Waals surface area contributed by atoms with Crippen molar-refractivity contribution >= 4 is 5.69 Å². The minimum atomic E-state index is -0.465. The highest BCUT2D eigenvalue weighted by Gasteiger charge is 2.36. The Balaban J connectivity index is 1.87. The highest BCUT2D eigenvalue weighted by atomic mass is 16.5. The molecule has 1 aromatic rings. The average Bonchev–Trinajstić information content (AvgIpc) is 2.88. The van der Waals surface area contributed by atoms with Crippen molar-refractivity contribution in [3.05, 3.63) is 53.3 Å². The number of nitriles is 1. The van der Waals surface area contributed by atoms with Crippen molar-refractivity contribution in [3.8, 4) is 6.07 Å². The van der Waals surface area contributed by atoms with Gasteiger partial charge in [0, 0.05) is 19.3 Å². The van der Waals surface area contributed by atoms with Crippen LogP contribution in [0.15, 0.2) is 42.2 Å². The fourth-order valence-corrected chi connectivity index (χ4v) is 5.00. The number of nitrogens with zero attached hydrogens (tertiary/aromatic N) is 2. The van der Waals surface area contributed by atoms with Gasteiger partial charge in [0.2, 0.25) is 0 Å². The van der Waals surface area contributed by atoms with E-state index in [0.717, 1.165) is 69.3 Å². The summed E-state index contributed by atoms with van der Waals surface area (Å²) in [6.07, 6.45) is 9.73. The fraction of sp³-hybridized carbons (Fsp3) is 0.633. The second-order valence-electron chi connectivity index (χ2n) is 10.2. The maximum absolute atomic E-state index is 10.3. The molecule has 35 heavy (non-hydrogen) atoms. The summed E-state index contributed by atoms with van der Waals surface area (Å²) in [6.45, 7) is 12.9. The topological polar surface area (TPSA) is 57.5 Å². The van der Waals surface area contributed by atoms with Gasteiger partial charge in [-0.3, -0.25) is 0 Å². The SMILES string of the molecule is C=C(COC1CC=C(CCN(C)CCCC(C#N)(c2ccc(CC)c(NC)c2)C(C)C)CC1)OC. The molecule has 2 rings (SSSR count). The minimum Gasteiger partial charge on any atom is -0.499 e. The normalized spacial score (nSPS) is 17.6. The number of hydrogen-bond acceptors (Lipinski definition) is 5. The summed E-state index contributed by atoms with van der Waals surface area (Å²) in [5, 5.41) is 13.6. The molecule has 0 spiro atoms. The van der Waals surface area contributed by atoms with Gasteiger partial charge in [0.1, 0.15) is 12.4 Å². The van der Waals surface area contributed by atoms with Crippen molar-refractivity contribution in [3.63, 3.8) is 0 Å². The Bertz CT molecular complexity index is 886. The number of anilines is 1. The van der Waals surface area contributed by atoms with Crippen LogP contribution in [-0.2, 0) is 21.3 Å². The number of rotatable bonds is 15. The van der Waals surface area contributed by atoms with Gasteiger partial charge in [0.05, 0.1) is 24.7 Å². The summed E-state index contributed by atoms with van der Waals surface area (Å²) in [7, 11) is 5.79. The number of aryl methyl sites for hydroxylation is 1. The van der Waals surface area contributed by atoms with Crippen molar-refractivity contribution in [1.82, 2.24) is 4.90 Å². The molecule has 0 aliphatic heterocycles. The van der Waals surface area contributed by atoms with Gasteiger partial charge >= 0.3 is 0 Å². The van der Waals surface area contributed by atoms with E-state index in [1.807, 2.05) is 7.05 Å². The highest BCUT2D eigenvalue weighted by molar-refractivity contribution is 5.55. The predicted molar refractivity (Wildman–Crippen MR) is 147 cm³/mol. The standard InChI is InChI=1S/C30H47N3O2/c1-8-26-12-13-27(20-29(26)32-5)30(22-31,23(2)3)17-9-18-33(6)19-16-25-10-14-28(15-11-25)35-21-24(4)34-7/h10,12-13,20,23,28,32H,4,8-9,11,14-19,21H2,1-3,5-7H3. The molecular formula is C30H47N3O2. The maximum atomic E-state index is 10.3. The quantitative estimate of drug-likeness (QED) is 0.230. The van der Waals surface area contributed by atoms with Crippen LogP contribution in [0.4, 0.5) is 5.69 Å². The summed E-state index contributed by atoms with van der Waals surface area (Å²) >= 11 is 0. The van der Waals surface area contributed by atoms with Gasteiger partial charge < -0.3 is 19.7 Å². The van der Waals surface area contributed by atoms with E-state index in [1.54, 1.807) is 7.11 Å². The Hall–Kier alpha value is -2.29. The van der Waals surface area contributed by atoms with Crippen molar-refractivity contribution in [1.29, 1.82) is 5.26 Å². The molecule has 5 nitrogen and oxygen atoms in total. The Kier molecular flexibility index (Phi) is 11.8. The average molecular weight is 482 g/mol. The third-order valence-electron chi connectivity index (χ3n) is 7.61. The van der Waals surface area contributed by atoms with Gasteiger partial charge in [-0.1, -0.05) is 51.1 Å². The summed E-state index contributed by atoms with van der Waals surface area (Å²) in [5.74, 6) is 0.929. The fourth-order valence-electron chi connectivity index (χ4n) is 5.00. The molecule has 194 valence electrons. The van der Waals surface area contributed by atoms with Crippen molar-refractivity contribution in [2.75, 3.05) is 46.2 Å². The number of ether oxygens (including phenoxy) is 2. The molecule has 1 aliphatic carbocycles. The van der Waals surface area contributed by atoms with E-state index < -0.39 is 5.41 Å². The molecule has 5 heteroatoms. The van der Waals surface area contributed by atoms with Crippen molar-refractivity contribution < 1.29 is 9.47 Å². The molecule has 1 aromatic carbocycles. The summed E-state index contributed by atoms with van der Waals surface area (Å²) in [5.41, 5.74) is 4.64. The molecule has 0 amide bonds. The van der Waals surface area contributed by atoms with Crippen LogP contribution in [0.1, 0.15) is 70.4 Å². The Morgan fingerprint density at radius 1 is 1.34 bits per heavy atom.